The molecule has 0 aliphatic carbocycles. The van der Waals surface area contributed by atoms with E-state index in [4.69, 9.17) is 9.15 Å². The van der Waals surface area contributed by atoms with Crippen LogP contribution in [0.5, 0.6) is 5.75 Å². The lowest BCUT2D eigenvalue weighted by Gasteiger charge is -2.12. The van der Waals surface area contributed by atoms with E-state index >= 15 is 0 Å². The van der Waals surface area contributed by atoms with Gasteiger partial charge in [-0.15, -0.1) is 0 Å². The van der Waals surface area contributed by atoms with Crippen molar-refractivity contribution in [1.82, 2.24) is 0 Å². The molecule has 132 valence electrons. The fraction of sp³-hybridized carbons (Fsp3) is 0.0526. The van der Waals surface area contributed by atoms with Gasteiger partial charge in [-0.1, -0.05) is 22.0 Å². The van der Waals surface area contributed by atoms with Crippen LogP contribution in [0.15, 0.2) is 69.8 Å². The number of carbonyl (C=O) groups excluding carboxylic acids is 2. The standard InChI is InChI=1S/C19H15BrN2O4/c1-25-17-11-14(21-18(23)12-4-2-5-13(20)10-12)7-8-15(17)22-19(24)16-6-3-9-26-16/h2-11H,1H3,(H,21,23)(H,22,24). The molecule has 2 aromatic carbocycles. The average molecular weight is 415 g/mol. The largest absolute Gasteiger partial charge is 0.494 e. The van der Waals surface area contributed by atoms with E-state index in [1.807, 2.05) is 6.07 Å². The Labute approximate surface area is 158 Å². The van der Waals surface area contributed by atoms with Gasteiger partial charge in [0.05, 0.1) is 19.1 Å². The minimum absolute atomic E-state index is 0.194. The summed E-state index contributed by atoms with van der Waals surface area (Å²) in [7, 11) is 1.48. The molecular weight excluding hydrogens is 400 g/mol. The van der Waals surface area contributed by atoms with Crippen LogP contribution in [0.3, 0.4) is 0 Å². The van der Waals surface area contributed by atoms with Gasteiger partial charge in [-0.05, 0) is 42.5 Å². The highest BCUT2D eigenvalue weighted by Crippen LogP contribution is 2.29. The van der Waals surface area contributed by atoms with E-state index in [2.05, 4.69) is 26.6 Å². The van der Waals surface area contributed by atoms with Crippen molar-refractivity contribution in [3.63, 3.8) is 0 Å². The van der Waals surface area contributed by atoms with E-state index < -0.39 is 0 Å². The summed E-state index contributed by atoms with van der Waals surface area (Å²) in [5, 5.41) is 5.50. The average Bonchev–Trinajstić information content (AvgIpc) is 3.17. The minimum Gasteiger partial charge on any atom is -0.494 e. The Morgan fingerprint density at radius 1 is 1.00 bits per heavy atom. The van der Waals surface area contributed by atoms with Crippen LogP contribution in [0.1, 0.15) is 20.9 Å². The summed E-state index contributed by atoms with van der Waals surface area (Å²) in [6.07, 6.45) is 1.42. The van der Waals surface area contributed by atoms with Crippen LogP contribution in [0, 0.1) is 0 Å². The van der Waals surface area contributed by atoms with Gasteiger partial charge in [0.1, 0.15) is 5.75 Å². The predicted molar refractivity (Wildman–Crippen MR) is 102 cm³/mol. The lowest BCUT2D eigenvalue weighted by atomic mass is 10.2. The molecule has 26 heavy (non-hydrogen) atoms. The van der Waals surface area contributed by atoms with Crippen LogP contribution in [0.4, 0.5) is 11.4 Å². The third-order valence-electron chi connectivity index (χ3n) is 3.54. The molecule has 1 aromatic heterocycles. The molecule has 0 saturated heterocycles. The molecule has 2 amide bonds. The Morgan fingerprint density at radius 2 is 1.85 bits per heavy atom. The zero-order valence-electron chi connectivity index (χ0n) is 13.8. The van der Waals surface area contributed by atoms with Crippen LogP contribution in [0.25, 0.3) is 0 Å². The van der Waals surface area contributed by atoms with Gasteiger partial charge in [0.2, 0.25) is 0 Å². The fourth-order valence-corrected chi connectivity index (χ4v) is 2.70. The highest BCUT2D eigenvalue weighted by atomic mass is 79.9. The van der Waals surface area contributed by atoms with Crippen molar-refractivity contribution in [2.75, 3.05) is 17.7 Å². The SMILES string of the molecule is COc1cc(NC(=O)c2cccc(Br)c2)ccc1NC(=O)c1ccco1. The van der Waals surface area contributed by atoms with Crippen LogP contribution >= 0.6 is 15.9 Å². The first-order valence-electron chi connectivity index (χ1n) is 7.66. The first kappa shape index (κ1) is 17.8. The second-order valence-corrected chi connectivity index (χ2v) is 6.23. The van der Waals surface area contributed by atoms with Gasteiger partial charge in [-0.2, -0.15) is 0 Å². The zero-order valence-corrected chi connectivity index (χ0v) is 15.4. The summed E-state index contributed by atoms with van der Waals surface area (Å²) >= 11 is 3.34. The van der Waals surface area contributed by atoms with Crippen molar-refractivity contribution < 1.29 is 18.7 Å². The topological polar surface area (TPSA) is 80.6 Å². The number of halogens is 1. The minimum atomic E-state index is -0.390. The maximum atomic E-state index is 12.3. The maximum absolute atomic E-state index is 12.3. The molecule has 3 rings (SSSR count). The smallest absolute Gasteiger partial charge is 0.291 e. The number of nitrogens with one attached hydrogen (secondary N) is 2. The molecule has 2 N–H and O–H groups in total. The summed E-state index contributed by atoms with van der Waals surface area (Å²) in [5.74, 6) is -0.0315. The number of rotatable bonds is 5. The monoisotopic (exact) mass is 414 g/mol. The molecule has 0 radical (unpaired) electrons. The van der Waals surface area contributed by atoms with Gasteiger partial charge in [-0.3, -0.25) is 9.59 Å². The van der Waals surface area contributed by atoms with Crippen molar-refractivity contribution in [3.05, 3.63) is 76.7 Å². The second-order valence-electron chi connectivity index (χ2n) is 5.31. The third kappa shape index (κ3) is 4.12. The molecule has 0 spiro atoms. The van der Waals surface area contributed by atoms with Crippen molar-refractivity contribution in [2.45, 2.75) is 0 Å². The van der Waals surface area contributed by atoms with Crippen molar-refractivity contribution in [1.29, 1.82) is 0 Å². The summed E-state index contributed by atoms with van der Waals surface area (Å²) < 4.78 is 11.2. The Bertz CT molecular complexity index is 938. The van der Waals surface area contributed by atoms with Crippen LogP contribution in [-0.2, 0) is 0 Å². The first-order valence-corrected chi connectivity index (χ1v) is 8.46. The molecule has 6 nitrogen and oxygen atoms in total. The number of carbonyl (C=O) groups is 2. The normalized spacial score (nSPS) is 10.2. The molecule has 7 heteroatoms. The van der Waals surface area contributed by atoms with E-state index in [1.54, 1.807) is 48.5 Å². The predicted octanol–water partition coefficient (Wildman–Crippen LogP) is 4.56. The molecule has 0 bridgehead atoms. The Kier molecular flexibility index (Phi) is 5.38. The van der Waals surface area contributed by atoms with Gasteiger partial charge in [0.25, 0.3) is 11.8 Å². The molecule has 1 heterocycles. The molecule has 0 unspecified atom stereocenters. The van der Waals surface area contributed by atoms with Crippen LogP contribution < -0.4 is 15.4 Å². The molecule has 3 aromatic rings. The van der Waals surface area contributed by atoms with E-state index in [1.165, 1.54) is 13.4 Å². The maximum Gasteiger partial charge on any atom is 0.291 e. The number of methoxy groups -OCH3 is 1. The molecule has 0 atom stereocenters. The van der Waals surface area contributed by atoms with Gasteiger partial charge in [0.15, 0.2) is 5.76 Å². The number of hydrogen-bond acceptors (Lipinski definition) is 4. The quantitative estimate of drug-likeness (QED) is 0.641. The fourth-order valence-electron chi connectivity index (χ4n) is 2.30. The summed E-state index contributed by atoms with van der Waals surface area (Å²) in [6, 6.07) is 15.2. The second kappa shape index (κ2) is 7.88. The molecule has 0 fully saturated rings. The van der Waals surface area contributed by atoms with Gasteiger partial charge in [0, 0.05) is 21.8 Å². The number of hydrogen-bond donors (Lipinski definition) is 2. The van der Waals surface area contributed by atoms with Crippen LogP contribution in [0.2, 0.25) is 0 Å². The van der Waals surface area contributed by atoms with Gasteiger partial charge < -0.3 is 19.8 Å². The van der Waals surface area contributed by atoms with Crippen molar-refractivity contribution >= 4 is 39.1 Å². The van der Waals surface area contributed by atoms with E-state index in [9.17, 15) is 9.59 Å². The zero-order chi connectivity index (χ0) is 18.5. The number of ether oxygens (including phenoxy) is 1. The van der Waals surface area contributed by atoms with Crippen LogP contribution in [-0.4, -0.2) is 18.9 Å². The summed E-state index contributed by atoms with van der Waals surface area (Å²) in [4.78, 5) is 24.4. The Hall–Kier alpha value is -3.06. The highest BCUT2D eigenvalue weighted by Gasteiger charge is 2.13. The first-order chi connectivity index (χ1) is 12.6. The lowest BCUT2D eigenvalue weighted by Crippen LogP contribution is -2.13. The molecular formula is C19H15BrN2O4. The summed E-state index contributed by atoms with van der Waals surface area (Å²) in [6.45, 7) is 0. The van der Waals surface area contributed by atoms with Gasteiger partial charge in [-0.25, -0.2) is 0 Å². The third-order valence-corrected chi connectivity index (χ3v) is 4.03. The molecule has 0 saturated carbocycles. The van der Waals surface area contributed by atoms with Gasteiger partial charge >= 0.3 is 0 Å². The Morgan fingerprint density at radius 3 is 2.54 bits per heavy atom. The number of amides is 2. The Balaban J connectivity index is 1.76. The number of benzene rings is 2. The van der Waals surface area contributed by atoms with E-state index in [0.717, 1.165) is 4.47 Å². The van der Waals surface area contributed by atoms with E-state index in [-0.39, 0.29) is 17.6 Å². The number of furan rings is 1. The molecule has 0 aliphatic heterocycles. The van der Waals surface area contributed by atoms with Crippen molar-refractivity contribution in [3.8, 4) is 5.75 Å². The molecule has 0 aliphatic rings. The van der Waals surface area contributed by atoms with Crippen molar-refractivity contribution in [2.24, 2.45) is 0 Å². The van der Waals surface area contributed by atoms with E-state index in [0.29, 0.717) is 22.7 Å². The lowest BCUT2D eigenvalue weighted by molar-refractivity contribution is 0.0994. The number of anilines is 2. The summed E-state index contributed by atoms with van der Waals surface area (Å²) in [5.41, 5.74) is 1.53. The highest BCUT2D eigenvalue weighted by molar-refractivity contribution is 9.10.